The number of nitrogens with one attached hydrogen (secondary N) is 1. The first-order valence-corrected chi connectivity index (χ1v) is 8.03. The molecule has 0 saturated heterocycles. The Kier molecular flexibility index (Phi) is 4.79. The number of esters is 1. The minimum absolute atomic E-state index is 0.245. The molecule has 0 aliphatic carbocycles. The first-order chi connectivity index (χ1) is 12.5. The van der Waals surface area contributed by atoms with E-state index in [0.29, 0.717) is 11.3 Å². The second kappa shape index (κ2) is 7.18. The van der Waals surface area contributed by atoms with Gasteiger partial charge < -0.3 is 10.1 Å². The van der Waals surface area contributed by atoms with Gasteiger partial charge in [-0.25, -0.2) is 4.79 Å². The van der Waals surface area contributed by atoms with Gasteiger partial charge in [-0.15, -0.1) is 0 Å². The Morgan fingerprint density at radius 1 is 1.00 bits per heavy atom. The average molecular weight is 352 g/mol. The Labute approximate surface area is 149 Å². The Bertz CT molecular complexity index is 871. The number of ether oxygens (including phenoxy) is 1. The Balaban J connectivity index is 1.69. The van der Waals surface area contributed by atoms with Crippen molar-refractivity contribution >= 4 is 29.4 Å². The number of carbonyl (C=O) groups is 4. The summed E-state index contributed by atoms with van der Waals surface area (Å²) in [5, 5.41) is 2.58. The minimum atomic E-state index is -0.541. The van der Waals surface area contributed by atoms with Crippen molar-refractivity contribution in [1.82, 2.24) is 4.90 Å². The molecule has 0 spiro atoms. The first-order valence-electron chi connectivity index (χ1n) is 8.03. The molecule has 0 atom stereocenters. The number of carbonyl (C=O) groups excluding carboxylic acids is 4. The molecule has 0 bridgehead atoms. The van der Waals surface area contributed by atoms with E-state index in [1.165, 1.54) is 6.07 Å². The van der Waals surface area contributed by atoms with Gasteiger partial charge in [0.05, 0.1) is 23.3 Å². The number of fused-ring (bicyclic) bond motifs is 1. The van der Waals surface area contributed by atoms with E-state index in [2.05, 4.69) is 5.32 Å². The number of nitrogens with zero attached hydrogens (tertiary/aromatic N) is 1. The predicted molar refractivity (Wildman–Crippen MR) is 92.8 cm³/mol. The third kappa shape index (κ3) is 3.32. The number of benzene rings is 2. The van der Waals surface area contributed by atoms with Crippen molar-refractivity contribution in [3.63, 3.8) is 0 Å². The molecule has 3 rings (SSSR count). The van der Waals surface area contributed by atoms with Crippen LogP contribution in [0.1, 0.15) is 38.0 Å². The van der Waals surface area contributed by atoms with Gasteiger partial charge in [-0.1, -0.05) is 18.2 Å². The van der Waals surface area contributed by atoms with Gasteiger partial charge in [0, 0.05) is 5.69 Å². The highest BCUT2D eigenvalue weighted by Gasteiger charge is 2.36. The van der Waals surface area contributed by atoms with Crippen LogP contribution in [0, 0.1) is 0 Å². The van der Waals surface area contributed by atoms with Crippen LogP contribution in [0.25, 0.3) is 0 Å². The molecule has 0 aromatic heterocycles. The Morgan fingerprint density at radius 3 is 2.27 bits per heavy atom. The summed E-state index contributed by atoms with van der Waals surface area (Å²) in [6.45, 7) is 1.54. The van der Waals surface area contributed by atoms with Crippen LogP contribution in [0.3, 0.4) is 0 Å². The van der Waals surface area contributed by atoms with Crippen LogP contribution >= 0.6 is 0 Å². The van der Waals surface area contributed by atoms with Gasteiger partial charge in [-0.2, -0.15) is 0 Å². The fourth-order valence-electron chi connectivity index (χ4n) is 2.67. The van der Waals surface area contributed by atoms with Crippen molar-refractivity contribution in [3.8, 4) is 0 Å². The maximum atomic E-state index is 12.3. The molecule has 0 fully saturated rings. The van der Waals surface area contributed by atoms with Crippen LogP contribution in [0.4, 0.5) is 5.69 Å². The summed E-state index contributed by atoms with van der Waals surface area (Å²) in [6, 6.07) is 12.7. The van der Waals surface area contributed by atoms with Gasteiger partial charge in [-0.05, 0) is 37.3 Å². The van der Waals surface area contributed by atoms with Crippen molar-refractivity contribution in [1.29, 1.82) is 0 Å². The van der Waals surface area contributed by atoms with Gasteiger partial charge in [0.1, 0.15) is 6.54 Å². The van der Waals surface area contributed by atoms with E-state index in [4.69, 9.17) is 4.74 Å². The fourth-order valence-corrected chi connectivity index (χ4v) is 2.67. The summed E-state index contributed by atoms with van der Waals surface area (Å²) < 4.78 is 4.91. The molecule has 2 aromatic rings. The van der Waals surface area contributed by atoms with E-state index in [-0.39, 0.29) is 17.7 Å². The highest BCUT2D eigenvalue weighted by Crippen LogP contribution is 2.22. The summed E-state index contributed by atoms with van der Waals surface area (Å²) in [5.41, 5.74) is 1.24. The van der Waals surface area contributed by atoms with Crippen molar-refractivity contribution in [3.05, 3.63) is 65.2 Å². The summed E-state index contributed by atoms with van der Waals surface area (Å²) in [4.78, 5) is 49.4. The molecule has 0 radical (unpaired) electrons. The molecule has 26 heavy (non-hydrogen) atoms. The minimum Gasteiger partial charge on any atom is -0.462 e. The maximum Gasteiger partial charge on any atom is 0.338 e. The van der Waals surface area contributed by atoms with Crippen molar-refractivity contribution < 1.29 is 23.9 Å². The maximum absolute atomic E-state index is 12.3. The van der Waals surface area contributed by atoms with E-state index in [9.17, 15) is 19.2 Å². The Hall–Kier alpha value is -3.48. The van der Waals surface area contributed by atoms with Gasteiger partial charge in [0.15, 0.2) is 0 Å². The monoisotopic (exact) mass is 352 g/mol. The van der Waals surface area contributed by atoms with Crippen LogP contribution in [0.5, 0.6) is 0 Å². The lowest BCUT2D eigenvalue weighted by Crippen LogP contribution is -2.37. The zero-order valence-corrected chi connectivity index (χ0v) is 14.0. The van der Waals surface area contributed by atoms with E-state index >= 15 is 0 Å². The lowest BCUT2D eigenvalue weighted by atomic mass is 10.1. The number of amides is 3. The van der Waals surface area contributed by atoms with Crippen molar-refractivity contribution in [2.24, 2.45) is 0 Å². The fraction of sp³-hybridized carbons (Fsp3) is 0.158. The zero-order chi connectivity index (χ0) is 18.7. The summed E-state index contributed by atoms with van der Waals surface area (Å²) >= 11 is 0. The van der Waals surface area contributed by atoms with Crippen molar-refractivity contribution in [2.45, 2.75) is 6.92 Å². The van der Waals surface area contributed by atoms with E-state index < -0.39 is 30.2 Å². The molecule has 132 valence electrons. The number of anilines is 1. The molecule has 1 aliphatic heterocycles. The van der Waals surface area contributed by atoms with Gasteiger partial charge in [0.2, 0.25) is 5.91 Å². The molecular weight excluding hydrogens is 336 g/mol. The normalized spacial score (nSPS) is 12.7. The molecule has 1 heterocycles. The summed E-state index contributed by atoms with van der Waals surface area (Å²) in [6.07, 6.45) is 0. The lowest BCUT2D eigenvalue weighted by Gasteiger charge is -2.14. The summed E-state index contributed by atoms with van der Waals surface area (Å²) in [5.74, 6) is -2.04. The molecule has 2 aromatic carbocycles. The van der Waals surface area contributed by atoms with Crippen LogP contribution < -0.4 is 5.32 Å². The molecule has 1 aliphatic rings. The smallest absolute Gasteiger partial charge is 0.338 e. The molecule has 1 N–H and O–H groups in total. The van der Waals surface area contributed by atoms with E-state index in [1.54, 1.807) is 49.4 Å². The Morgan fingerprint density at radius 2 is 1.65 bits per heavy atom. The molecule has 0 saturated carbocycles. The number of hydrogen-bond acceptors (Lipinski definition) is 5. The zero-order valence-electron chi connectivity index (χ0n) is 14.0. The SMILES string of the molecule is CCOC(=O)c1cccc(NC(=O)CN2C(=O)c3ccccc3C2=O)c1. The lowest BCUT2D eigenvalue weighted by molar-refractivity contribution is -0.116. The van der Waals surface area contributed by atoms with Crippen LogP contribution in [0.15, 0.2) is 48.5 Å². The third-order valence-corrected chi connectivity index (χ3v) is 3.84. The van der Waals surface area contributed by atoms with E-state index in [0.717, 1.165) is 4.90 Å². The molecular formula is C19H16N2O5. The molecule has 0 unspecified atom stereocenters. The van der Waals surface area contributed by atoms with Crippen LogP contribution in [0.2, 0.25) is 0 Å². The quantitative estimate of drug-likeness (QED) is 0.657. The van der Waals surface area contributed by atoms with E-state index in [1.807, 2.05) is 0 Å². The number of rotatable bonds is 5. The first kappa shape index (κ1) is 17.3. The predicted octanol–water partition coefficient (Wildman–Crippen LogP) is 2.10. The van der Waals surface area contributed by atoms with Crippen LogP contribution in [-0.2, 0) is 9.53 Å². The largest absolute Gasteiger partial charge is 0.462 e. The second-order valence-corrected chi connectivity index (χ2v) is 5.59. The van der Waals surface area contributed by atoms with Crippen LogP contribution in [-0.4, -0.2) is 41.7 Å². The molecule has 3 amide bonds. The highest BCUT2D eigenvalue weighted by atomic mass is 16.5. The van der Waals surface area contributed by atoms with Gasteiger partial charge in [0.25, 0.3) is 11.8 Å². The highest BCUT2D eigenvalue weighted by molar-refractivity contribution is 6.22. The summed E-state index contributed by atoms with van der Waals surface area (Å²) in [7, 11) is 0. The second-order valence-electron chi connectivity index (χ2n) is 5.59. The molecule has 7 heteroatoms. The van der Waals surface area contributed by atoms with Crippen molar-refractivity contribution in [2.75, 3.05) is 18.5 Å². The van der Waals surface area contributed by atoms with Gasteiger partial charge in [-0.3, -0.25) is 19.3 Å². The molecule has 7 nitrogen and oxygen atoms in total. The number of imide groups is 1. The third-order valence-electron chi connectivity index (χ3n) is 3.84. The average Bonchev–Trinajstić information content (AvgIpc) is 2.87. The standard InChI is InChI=1S/C19H16N2O5/c1-2-26-19(25)12-6-5-7-13(10-12)20-16(22)11-21-17(23)14-8-3-4-9-15(14)18(21)24/h3-10H,2,11H2,1H3,(H,20,22). The topological polar surface area (TPSA) is 92.8 Å². The number of hydrogen-bond donors (Lipinski definition) is 1. The van der Waals surface area contributed by atoms with Gasteiger partial charge >= 0.3 is 5.97 Å².